The summed E-state index contributed by atoms with van der Waals surface area (Å²) >= 11 is 0. The van der Waals surface area contributed by atoms with Crippen molar-refractivity contribution in [3.8, 4) is 5.69 Å². The predicted molar refractivity (Wildman–Crippen MR) is 125 cm³/mol. The number of aromatic nitrogens is 3. The SMILES string of the molecule is COC(=O)c1cc(C2CCN(C(C)C)CC2)c2c(C3CCC3)nn(-c3ccc(F)cc3)c2n1. The number of rotatable bonds is 5. The van der Waals surface area contributed by atoms with Crippen molar-refractivity contribution in [2.75, 3.05) is 20.2 Å². The number of benzene rings is 1. The summed E-state index contributed by atoms with van der Waals surface area (Å²) in [4.78, 5) is 19.8. The Morgan fingerprint density at radius 2 is 1.79 bits per heavy atom. The summed E-state index contributed by atoms with van der Waals surface area (Å²) in [5.41, 5.74) is 3.91. The lowest BCUT2D eigenvalue weighted by Gasteiger charge is -2.35. The molecular weight excluding hydrogens is 419 g/mol. The van der Waals surface area contributed by atoms with E-state index in [1.165, 1.54) is 25.7 Å². The van der Waals surface area contributed by atoms with E-state index < -0.39 is 5.97 Å². The van der Waals surface area contributed by atoms with Crippen molar-refractivity contribution in [3.05, 3.63) is 53.1 Å². The van der Waals surface area contributed by atoms with E-state index in [-0.39, 0.29) is 5.82 Å². The molecule has 7 heteroatoms. The summed E-state index contributed by atoms with van der Waals surface area (Å²) < 4.78 is 20.4. The van der Waals surface area contributed by atoms with Gasteiger partial charge in [-0.05, 0) is 94.4 Å². The summed E-state index contributed by atoms with van der Waals surface area (Å²) in [6.07, 6.45) is 5.48. The molecule has 0 radical (unpaired) electrons. The minimum absolute atomic E-state index is 0.296. The van der Waals surface area contributed by atoms with E-state index in [4.69, 9.17) is 14.8 Å². The summed E-state index contributed by atoms with van der Waals surface area (Å²) in [5.74, 6) is -0.0156. The number of likely N-dealkylation sites (tertiary alicyclic amines) is 1. The Morgan fingerprint density at radius 3 is 2.36 bits per heavy atom. The van der Waals surface area contributed by atoms with Gasteiger partial charge in [0.15, 0.2) is 11.3 Å². The standard InChI is InChI=1S/C26H31FN4O2/c1-16(2)30-13-11-17(12-14-30)21-15-22(26(32)33-3)28-25-23(21)24(18-5-4-6-18)29-31(25)20-9-7-19(27)8-10-20/h7-10,15-18H,4-6,11-14H2,1-3H3. The number of pyridine rings is 1. The number of methoxy groups -OCH3 is 1. The summed E-state index contributed by atoms with van der Waals surface area (Å²) in [6, 6.07) is 8.74. The van der Waals surface area contributed by atoms with Crippen LogP contribution < -0.4 is 0 Å². The van der Waals surface area contributed by atoms with Crippen molar-refractivity contribution in [2.24, 2.45) is 0 Å². The van der Waals surface area contributed by atoms with Gasteiger partial charge in [0.2, 0.25) is 0 Å². The van der Waals surface area contributed by atoms with Crippen molar-refractivity contribution < 1.29 is 13.9 Å². The molecule has 2 aliphatic rings. The molecule has 174 valence electrons. The Kier molecular flexibility index (Phi) is 5.91. The highest BCUT2D eigenvalue weighted by Crippen LogP contribution is 2.43. The van der Waals surface area contributed by atoms with E-state index in [0.29, 0.717) is 29.2 Å². The third-order valence-corrected chi connectivity index (χ3v) is 7.35. The zero-order chi connectivity index (χ0) is 23.1. The second kappa shape index (κ2) is 8.86. The first-order chi connectivity index (χ1) is 16.0. The molecule has 0 N–H and O–H groups in total. The van der Waals surface area contributed by atoms with E-state index in [9.17, 15) is 9.18 Å². The Morgan fingerprint density at radius 1 is 1.09 bits per heavy atom. The highest BCUT2D eigenvalue weighted by Gasteiger charge is 2.32. The van der Waals surface area contributed by atoms with Gasteiger partial charge in [-0.25, -0.2) is 18.9 Å². The van der Waals surface area contributed by atoms with Crippen LogP contribution in [0.1, 0.15) is 79.5 Å². The van der Waals surface area contributed by atoms with Crippen LogP contribution in [0.3, 0.4) is 0 Å². The first-order valence-electron chi connectivity index (χ1n) is 12.0. The van der Waals surface area contributed by atoms with Gasteiger partial charge < -0.3 is 9.64 Å². The number of ether oxygens (including phenoxy) is 1. The zero-order valence-corrected chi connectivity index (χ0v) is 19.6. The van der Waals surface area contributed by atoms with Gasteiger partial charge in [0.25, 0.3) is 0 Å². The molecule has 1 saturated carbocycles. The van der Waals surface area contributed by atoms with Crippen LogP contribution in [0.4, 0.5) is 4.39 Å². The zero-order valence-electron chi connectivity index (χ0n) is 19.6. The van der Waals surface area contributed by atoms with Crippen LogP contribution in [0.15, 0.2) is 30.3 Å². The minimum atomic E-state index is -0.449. The second-order valence-corrected chi connectivity index (χ2v) is 9.59. The highest BCUT2D eigenvalue weighted by atomic mass is 19.1. The van der Waals surface area contributed by atoms with Crippen LogP contribution in [0, 0.1) is 5.82 Å². The number of esters is 1. The van der Waals surface area contributed by atoms with Crippen LogP contribution in [-0.2, 0) is 4.74 Å². The summed E-state index contributed by atoms with van der Waals surface area (Å²) in [7, 11) is 1.38. The van der Waals surface area contributed by atoms with E-state index in [0.717, 1.165) is 61.1 Å². The van der Waals surface area contributed by atoms with Crippen molar-refractivity contribution in [1.82, 2.24) is 19.7 Å². The van der Waals surface area contributed by atoms with Gasteiger partial charge in [-0.15, -0.1) is 0 Å². The summed E-state index contributed by atoms with van der Waals surface area (Å²) in [6.45, 7) is 6.54. The molecule has 0 bridgehead atoms. The molecule has 5 rings (SSSR count). The fourth-order valence-electron chi connectivity index (χ4n) is 5.16. The van der Waals surface area contributed by atoms with Crippen molar-refractivity contribution in [2.45, 2.75) is 63.8 Å². The molecule has 1 aromatic carbocycles. The maximum Gasteiger partial charge on any atom is 0.356 e. The molecule has 0 amide bonds. The lowest BCUT2D eigenvalue weighted by Crippen LogP contribution is -2.37. The van der Waals surface area contributed by atoms with E-state index in [1.807, 2.05) is 6.07 Å². The largest absolute Gasteiger partial charge is 0.464 e. The maximum atomic E-state index is 13.6. The molecule has 1 aliphatic heterocycles. The number of hydrogen-bond donors (Lipinski definition) is 0. The Bertz CT molecular complexity index is 1160. The van der Waals surface area contributed by atoms with Crippen LogP contribution in [0.5, 0.6) is 0 Å². The van der Waals surface area contributed by atoms with Gasteiger partial charge in [-0.1, -0.05) is 6.42 Å². The number of halogens is 1. The third kappa shape index (κ3) is 4.03. The monoisotopic (exact) mass is 450 g/mol. The fraction of sp³-hybridized carbons (Fsp3) is 0.500. The van der Waals surface area contributed by atoms with E-state index in [2.05, 4.69) is 18.7 Å². The quantitative estimate of drug-likeness (QED) is 0.500. The Labute approximate surface area is 193 Å². The molecule has 0 spiro atoms. The molecule has 33 heavy (non-hydrogen) atoms. The molecule has 2 fully saturated rings. The fourth-order valence-corrected chi connectivity index (χ4v) is 5.16. The lowest BCUT2D eigenvalue weighted by atomic mass is 9.79. The summed E-state index contributed by atoms with van der Waals surface area (Å²) in [5, 5.41) is 6.07. The van der Waals surface area contributed by atoms with Crippen LogP contribution in [0.25, 0.3) is 16.7 Å². The lowest BCUT2D eigenvalue weighted by molar-refractivity contribution is 0.0594. The van der Waals surface area contributed by atoms with Gasteiger partial charge in [0.05, 0.1) is 18.5 Å². The average molecular weight is 451 g/mol. The van der Waals surface area contributed by atoms with Crippen molar-refractivity contribution in [1.29, 1.82) is 0 Å². The number of carbonyl (C=O) groups is 1. The minimum Gasteiger partial charge on any atom is -0.464 e. The van der Waals surface area contributed by atoms with Gasteiger partial charge in [0.1, 0.15) is 5.82 Å². The molecule has 1 saturated heterocycles. The van der Waals surface area contributed by atoms with Gasteiger partial charge in [-0.2, -0.15) is 5.10 Å². The van der Waals surface area contributed by atoms with Crippen LogP contribution >= 0.6 is 0 Å². The van der Waals surface area contributed by atoms with Gasteiger partial charge in [-0.3, -0.25) is 0 Å². The van der Waals surface area contributed by atoms with Gasteiger partial charge >= 0.3 is 5.97 Å². The predicted octanol–water partition coefficient (Wildman–Crippen LogP) is 5.20. The second-order valence-electron chi connectivity index (χ2n) is 9.59. The molecule has 3 aromatic rings. The first kappa shape index (κ1) is 22.0. The molecule has 0 unspecified atom stereocenters. The number of piperidine rings is 1. The number of carbonyl (C=O) groups excluding carboxylic acids is 1. The number of fused-ring (bicyclic) bond motifs is 1. The van der Waals surface area contributed by atoms with E-state index >= 15 is 0 Å². The van der Waals surface area contributed by atoms with Crippen molar-refractivity contribution >= 4 is 17.0 Å². The average Bonchev–Trinajstić information content (AvgIpc) is 3.16. The maximum absolute atomic E-state index is 13.6. The smallest absolute Gasteiger partial charge is 0.356 e. The Balaban J connectivity index is 1.69. The molecule has 3 heterocycles. The molecule has 2 aromatic heterocycles. The van der Waals surface area contributed by atoms with Crippen LogP contribution in [0.2, 0.25) is 0 Å². The topological polar surface area (TPSA) is 60.2 Å². The normalized spacial score (nSPS) is 18.1. The van der Waals surface area contributed by atoms with Gasteiger partial charge in [0, 0.05) is 17.3 Å². The van der Waals surface area contributed by atoms with Crippen molar-refractivity contribution in [3.63, 3.8) is 0 Å². The first-order valence-corrected chi connectivity index (χ1v) is 12.0. The Hall–Kier alpha value is -2.80. The molecule has 1 aliphatic carbocycles. The molecule has 0 atom stereocenters. The third-order valence-electron chi connectivity index (χ3n) is 7.35. The van der Waals surface area contributed by atoms with E-state index in [1.54, 1.807) is 16.8 Å². The highest BCUT2D eigenvalue weighted by molar-refractivity contribution is 5.93. The number of nitrogens with zero attached hydrogens (tertiary/aromatic N) is 4. The molecule has 6 nitrogen and oxygen atoms in total. The molecular formula is C26H31FN4O2. The van der Waals surface area contributed by atoms with Crippen LogP contribution in [-0.4, -0.2) is 51.9 Å². The number of hydrogen-bond acceptors (Lipinski definition) is 5.